The summed E-state index contributed by atoms with van der Waals surface area (Å²) in [4.78, 5) is 16.4. The van der Waals surface area contributed by atoms with E-state index in [0.29, 0.717) is 5.69 Å². The molecule has 2 aromatic carbocycles. The van der Waals surface area contributed by atoms with Gasteiger partial charge in [-0.05, 0) is 48.6 Å². The van der Waals surface area contributed by atoms with Gasteiger partial charge in [-0.1, -0.05) is 30.3 Å². The molecule has 2 aromatic heterocycles. The highest BCUT2D eigenvalue weighted by Gasteiger charge is 2.12. The smallest absolute Gasteiger partial charge is 0.188 e. The number of aromatic nitrogens is 3. The summed E-state index contributed by atoms with van der Waals surface area (Å²) in [6, 6.07) is 19.3. The number of para-hydroxylation sites is 1. The van der Waals surface area contributed by atoms with Gasteiger partial charge in [-0.3, -0.25) is 9.78 Å². The lowest BCUT2D eigenvalue weighted by Gasteiger charge is -2.00. The van der Waals surface area contributed by atoms with Crippen molar-refractivity contribution in [1.82, 2.24) is 14.8 Å². The number of rotatable bonds is 5. The van der Waals surface area contributed by atoms with Gasteiger partial charge in [-0.25, -0.2) is 9.07 Å². The number of nitrogens with zero attached hydrogens (tertiary/aromatic N) is 3. The van der Waals surface area contributed by atoms with E-state index in [4.69, 9.17) is 0 Å². The van der Waals surface area contributed by atoms with Gasteiger partial charge < -0.3 is 0 Å². The highest BCUT2D eigenvalue weighted by Crippen LogP contribution is 2.24. The molecule has 0 saturated carbocycles. The van der Waals surface area contributed by atoms with Gasteiger partial charge in [0, 0.05) is 29.7 Å². The Kier molecular flexibility index (Phi) is 4.89. The van der Waals surface area contributed by atoms with Crippen molar-refractivity contribution in [1.29, 1.82) is 0 Å². The molecule has 4 rings (SSSR count). The fourth-order valence-electron chi connectivity index (χ4n) is 2.87. The van der Waals surface area contributed by atoms with Crippen LogP contribution in [0.1, 0.15) is 15.9 Å². The number of hydrogen-bond acceptors (Lipinski definition) is 3. The third-order valence-corrected chi connectivity index (χ3v) is 4.27. The zero-order valence-corrected chi connectivity index (χ0v) is 14.9. The number of ketones is 1. The van der Waals surface area contributed by atoms with E-state index in [9.17, 15) is 9.18 Å². The van der Waals surface area contributed by atoms with E-state index < -0.39 is 11.6 Å². The minimum Gasteiger partial charge on any atom is -0.289 e. The number of carbonyl (C=O) groups is 1. The minimum absolute atomic E-state index is 0.0414. The molecule has 0 aliphatic heterocycles. The Hall–Kier alpha value is -3.86. The van der Waals surface area contributed by atoms with Gasteiger partial charge in [0.05, 0.1) is 11.3 Å². The van der Waals surface area contributed by atoms with Crippen molar-refractivity contribution < 1.29 is 9.18 Å². The van der Waals surface area contributed by atoms with Crippen molar-refractivity contribution in [3.8, 4) is 16.9 Å². The fourth-order valence-corrected chi connectivity index (χ4v) is 2.87. The molecule has 2 heterocycles. The first kappa shape index (κ1) is 17.5. The summed E-state index contributed by atoms with van der Waals surface area (Å²) in [5, 5.41) is 4.67. The van der Waals surface area contributed by atoms with Crippen LogP contribution in [0.25, 0.3) is 23.0 Å². The quantitative estimate of drug-likeness (QED) is 0.369. The van der Waals surface area contributed by atoms with E-state index in [1.807, 2.05) is 48.7 Å². The van der Waals surface area contributed by atoms with E-state index in [1.54, 1.807) is 35.3 Å². The molecule has 0 bridgehead atoms. The molecule has 0 amide bonds. The standard InChI is InChI=1S/C23H16FN3O/c24-21-9-5-4-8-20(21)22(28)11-10-18-16-27(19-6-2-1-3-7-19)26-23(18)17-12-14-25-15-13-17/h1-16H/b11-10+. The number of pyridine rings is 1. The molecular formula is C23H16FN3O. The largest absolute Gasteiger partial charge is 0.289 e. The summed E-state index contributed by atoms with van der Waals surface area (Å²) >= 11 is 0. The molecule has 0 unspecified atom stereocenters. The molecule has 0 saturated heterocycles. The van der Waals surface area contributed by atoms with E-state index in [2.05, 4.69) is 10.1 Å². The van der Waals surface area contributed by atoms with Crippen LogP contribution in [0.5, 0.6) is 0 Å². The summed E-state index contributed by atoms with van der Waals surface area (Å²) in [6.07, 6.45) is 8.26. The van der Waals surface area contributed by atoms with Crippen molar-refractivity contribution in [3.63, 3.8) is 0 Å². The molecule has 5 heteroatoms. The van der Waals surface area contributed by atoms with Crippen molar-refractivity contribution in [3.05, 3.63) is 108 Å². The van der Waals surface area contributed by atoms with Gasteiger partial charge >= 0.3 is 0 Å². The van der Waals surface area contributed by atoms with E-state index >= 15 is 0 Å². The Bertz CT molecular complexity index is 1130. The monoisotopic (exact) mass is 369 g/mol. The van der Waals surface area contributed by atoms with E-state index in [0.717, 1.165) is 16.8 Å². The van der Waals surface area contributed by atoms with Gasteiger partial charge in [-0.15, -0.1) is 0 Å². The van der Waals surface area contributed by atoms with E-state index in [1.165, 1.54) is 18.2 Å². The van der Waals surface area contributed by atoms with Crippen LogP contribution in [0.4, 0.5) is 4.39 Å². The average Bonchev–Trinajstić information content (AvgIpc) is 3.18. The SMILES string of the molecule is O=C(/C=C/c1cn(-c2ccccc2)nc1-c1ccncc1)c1ccccc1F. The van der Waals surface area contributed by atoms with Crippen LogP contribution in [-0.2, 0) is 0 Å². The molecule has 0 fully saturated rings. The van der Waals surface area contributed by atoms with Gasteiger partial charge in [-0.2, -0.15) is 5.10 Å². The molecule has 0 atom stereocenters. The lowest BCUT2D eigenvalue weighted by Crippen LogP contribution is -1.97. The first-order valence-corrected chi connectivity index (χ1v) is 8.75. The summed E-state index contributed by atoms with van der Waals surface area (Å²) in [5.74, 6) is -0.933. The van der Waals surface area contributed by atoms with Gasteiger partial charge in [0.1, 0.15) is 11.5 Å². The Morgan fingerprint density at radius 3 is 2.39 bits per heavy atom. The van der Waals surface area contributed by atoms with Crippen LogP contribution < -0.4 is 0 Å². The Labute approximate surface area is 161 Å². The van der Waals surface area contributed by atoms with Crippen molar-refractivity contribution in [2.24, 2.45) is 0 Å². The van der Waals surface area contributed by atoms with Gasteiger partial charge in [0.15, 0.2) is 5.78 Å². The van der Waals surface area contributed by atoms with E-state index in [-0.39, 0.29) is 5.56 Å². The second-order valence-electron chi connectivity index (χ2n) is 6.13. The number of benzene rings is 2. The lowest BCUT2D eigenvalue weighted by atomic mass is 10.1. The molecule has 0 aliphatic carbocycles. The van der Waals surface area contributed by atoms with Crippen LogP contribution >= 0.6 is 0 Å². The average molecular weight is 369 g/mol. The molecule has 0 N–H and O–H groups in total. The first-order valence-electron chi connectivity index (χ1n) is 8.75. The summed E-state index contributed by atoms with van der Waals surface area (Å²) < 4.78 is 15.6. The maximum absolute atomic E-state index is 13.9. The topological polar surface area (TPSA) is 47.8 Å². The fraction of sp³-hybridized carbons (Fsp3) is 0. The number of allylic oxidation sites excluding steroid dienone is 1. The zero-order valence-electron chi connectivity index (χ0n) is 14.9. The van der Waals surface area contributed by atoms with Crippen LogP contribution in [0, 0.1) is 5.82 Å². The Morgan fingerprint density at radius 1 is 0.929 bits per heavy atom. The molecular weight excluding hydrogens is 353 g/mol. The van der Waals surface area contributed by atoms with Crippen LogP contribution in [0.2, 0.25) is 0 Å². The number of hydrogen-bond donors (Lipinski definition) is 0. The number of halogens is 1. The summed E-state index contributed by atoms with van der Waals surface area (Å²) in [6.45, 7) is 0. The summed E-state index contributed by atoms with van der Waals surface area (Å²) in [5.41, 5.74) is 3.28. The molecule has 4 aromatic rings. The molecule has 0 aliphatic rings. The second kappa shape index (κ2) is 7.80. The second-order valence-corrected chi connectivity index (χ2v) is 6.13. The normalized spacial score (nSPS) is 11.0. The maximum atomic E-state index is 13.9. The third kappa shape index (κ3) is 3.64. The van der Waals surface area contributed by atoms with Crippen molar-refractivity contribution >= 4 is 11.9 Å². The predicted octanol–water partition coefficient (Wildman–Crippen LogP) is 4.97. The van der Waals surface area contributed by atoms with Crippen LogP contribution in [-0.4, -0.2) is 20.5 Å². The number of carbonyl (C=O) groups excluding carboxylic acids is 1. The predicted molar refractivity (Wildman–Crippen MR) is 107 cm³/mol. The molecule has 136 valence electrons. The van der Waals surface area contributed by atoms with Gasteiger partial charge in [0.25, 0.3) is 0 Å². The third-order valence-electron chi connectivity index (χ3n) is 4.27. The highest BCUT2D eigenvalue weighted by molar-refractivity contribution is 6.07. The molecule has 0 radical (unpaired) electrons. The highest BCUT2D eigenvalue weighted by atomic mass is 19.1. The first-order chi connectivity index (χ1) is 13.7. The van der Waals surface area contributed by atoms with Gasteiger partial charge in [0.2, 0.25) is 0 Å². The molecule has 28 heavy (non-hydrogen) atoms. The van der Waals surface area contributed by atoms with Crippen LogP contribution in [0.15, 0.2) is 91.4 Å². The zero-order chi connectivity index (χ0) is 19.3. The molecule has 0 spiro atoms. The van der Waals surface area contributed by atoms with Crippen molar-refractivity contribution in [2.45, 2.75) is 0 Å². The minimum atomic E-state index is -0.536. The van der Waals surface area contributed by atoms with Crippen LogP contribution in [0.3, 0.4) is 0 Å². The Morgan fingerprint density at radius 2 is 1.64 bits per heavy atom. The Balaban J connectivity index is 1.74. The lowest BCUT2D eigenvalue weighted by molar-refractivity contribution is 0.104. The molecule has 4 nitrogen and oxygen atoms in total. The van der Waals surface area contributed by atoms with Crippen molar-refractivity contribution in [2.75, 3.05) is 0 Å². The summed E-state index contributed by atoms with van der Waals surface area (Å²) in [7, 11) is 0. The maximum Gasteiger partial charge on any atom is 0.188 e.